The first-order valence-corrected chi connectivity index (χ1v) is 11.6. The van der Waals surface area contributed by atoms with Crippen molar-refractivity contribution in [3.8, 4) is 5.75 Å². The van der Waals surface area contributed by atoms with E-state index in [0.717, 1.165) is 17.4 Å². The molecule has 1 unspecified atom stereocenters. The van der Waals surface area contributed by atoms with Crippen LogP contribution in [-0.2, 0) is 6.42 Å². The van der Waals surface area contributed by atoms with Crippen LogP contribution in [-0.4, -0.2) is 54.9 Å². The van der Waals surface area contributed by atoms with Crippen LogP contribution in [0.15, 0.2) is 65.3 Å². The predicted molar refractivity (Wildman–Crippen MR) is 126 cm³/mol. The first-order valence-electron chi connectivity index (χ1n) is 11.6. The Morgan fingerprint density at radius 2 is 1.86 bits per heavy atom. The fourth-order valence-corrected chi connectivity index (χ4v) is 4.71. The molecule has 1 fully saturated rings. The van der Waals surface area contributed by atoms with Crippen molar-refractivity contribution in [1.82, 2.24) is 9.80 Å². The van der Waals surface area contributed by atoms with Gasteiger partial charge in [-0.25, -0.2) is 8.78 Å². The average Bonchev–Trinajstić information content (AvgIpc) is 3.43. The van der Waals surface area contributed by atoms with E-state index in [-0.39, 0.29) is 29.2 Å². The van der Waals surface area contributed by atoms with Crippen LogP contribution >= 0.6 is 0 Å². The molecule has 0 saturated carbocycles. The molecule has 2 aromatic carbocycles. The lowest BCUT2D eigenvalue weighted by Gasteiger charge is -2.40. The van der Waals surface area contributed by atoms with Crippen LogP contribution in [0.4, 0.5) is 8.78 Å². The zero-order valence-electron chi connectivity index (χ0n) is 19.7. The number of benzene rings is 2. The zero-order valence-corrected chi connectivity index (χ0v) is 19.7. The van der Waals surface area contributed by atoms with E-state index in [1.54, 1.807) is 36.1 Å². The number of hydrogen-bond donors (Lipinski definition) is 0. The molecule has 184 valence electrons. The molecule has 8 heteroatoms. The molecule has 1 saturated heterocycles. The maximum atomic E-state index is 14.2. The lowest BCUT2D eigenvalue weighted by molar-refractivity contribution is 0.0502. The molecule has 0 radical (unpaired) electrons. The van der Waals surface area contributed by atoms with Crippen LogP contribution < -0.4 is 4.74 Å². The van der Waals surface area contributed by atoms with Gasteiger partial charge in [0, 0.05) is 26.2 Å². The van der Waals surface area contributed by atoms with Gasteiger partial charge in [-0.2, -0.15) is 0 Å². The number of methoxy groups -OCH3 is 1. The van der Waals surface area contributed by atoms with E-state index in [4.69, 9.17) is 9.15 Å². The Labute approximate surface area is 203 Å². The van der Waals surface area contributed by atoms with Crippen molar-refractivity contribution >= 4 is 11.8 Å². The van der Waals surface area contributed by atoms with E-state index in [1.165, 1.54) is 18.4 Å². The fourth-order valence-electron chi connectivity index (χ4n) is 4.71. The van der Waals surface area contributed by atoms with Crippen LogP contribution in [0, 0.1) is 17.6 Å². The largest absolute Gasteiger partial charge is 0.497 e. The Balaban J connectivity index is 1.52. The third-order valence-corrected chi connectivity index (χ3v) is 6.68. The molecule has 3 aromatic rings. The van der Waals surface area contributed by atoms with E-state index in [9.17, 15) is 18.4 Å². The summed E-state index contributed by atoms with van der Waals surface area (Å²) in [5.74, 6) is -1.82. The Hall–Kier alpha value is -3.68. The lowest BCUT2D eigenvalue weighted by Crippen LogP contribution is -2.48. The van der Waals surface area contributed by atoms with Gasteiger partial charge in [-0.15, -0.1) is 0 Å². The van der Waals surface area contributed by atoms with Gasteiger partial charge in [0.15, 0.2) is 17.4 Å². The molecule has 2 heterocycles. The third kappa shape index (κ3) is 5.37. The highest BCUT2D eigenvalue weighted by Crippen LogP contribution is 2.29. The molecule has 1 atom stereocenters. The van der Waals surface area contributed by atoms with Crippen molar-refractivity contribution in [3.63, 3.8) is 0 Å². The second kappa shape index (κ2) is 10.7. The molecule has 0 spiro atoms. The van der Waals surface area contributed by atoms with Crippen molar-refractivity contribution in [2.75, 3.05) is 27.2 Å². The first-order chi connectivity index (χ1) is 16.9. The Morgan fingerprint density at radius 1 is 1.11 bits per heavy atom. The molecular weight excluding hydrogens is 454 g/mol. The second-order valence-electron chi connectivity index (χ2n) is 8.75. The topological polar surface area (TPSA) is 63.0 Å². The van der Waals surface area contributed by atoms with E-state index < -0.39 is 17.5 Å². The average molecular weight is 483 g/mol. The molecule has 6 nitrogen and oxygen atoms in total. The molecule has 1 aromatic heterocycles. The number of carbonyl (C=O) groups excluding carboxylic acids is 2. The molecule has 1 aliphatic rings. The summed E-state index contributed by atoms with van der Waals surface area (Å²) in [6.45, 7) is 0.772. The normalized spacial score (nSPS) is 15.0. The third-order valence-electron chi connectivity index (χ3n) is 6.68. The molecule has 0 aliphatic carbocycles. The number of rotatable bonds is 7. The second-order valence-corrected chi connectivity index (χ2v) is 8.75. The van der Waals surface area contributed by atoms with Crippen LogP contribution in [0.3, 0.4) is 0 Å². The number of halogens is 2. The maximum absolute atomic E-state index is 14.2. The number of furan rings is 1. The molecule has 0 bridgehead atoms. The SMILES string of the molecule is COc1cccc(CC(C2CCN(C(=O)c3cccc(F)c3F)CC2)N(C)C(=O)c2ccco2)c1. The Bertz CT molecular complexity index is 1170. The van der Waals surface area contributed by atoms with Crippen LogP contribution in [0.1, 0.15) is 39.3 Å². The maximum Gasteiger partial charge on any atom is 0.289 e. The molecule has 1 aliphatic heterocycles. The number of hydrogen-bond acceptors (Lipinski definition) is 4. The van der Waals surface area contributed by atoms with Gasteiger partial charge in [0.2, 0.25) is 0 Å². The van der Waals surface area contributed by atoms with Crippen molar-refractivity contribution < 1.29 is 27.5 Å². The van der Waals surface area contributed by atoms with Gasteiger partial charge in [-0.1, -0.05) is 18.2 Å². The minimum atomic E-state index is -1.13. The number of nitrogens with zero attached hydrogens (tertiary/aromatic N) is 2. The minimum absolute atomic E-state index is 0.0894. The summed E-state index contributed by atoms with van der Waals surface area (Å²) >= 11 is 0. The molecular formula is C27H28F2N2O4. The van der Waals surface area contributed by atoms with Crippen molar-refractivity contribution in [2.45, 2.75) is 25.3 Å². The van der Waals surface area contributed by atoms with Crippen LogP contribution in [0.2, 0.25) is 0 Å². The standard InChI is InChI=1S/C27H28F2N2O4/c1-30(27(33)24-10-5-15-35-24)23(17-18-6-3-7-20(16-18)34-2)19-11-13-31(14-12-19)26(32)21-8-4-9-22(28)25(21)29/h3-10,15-16,19,23H,11-14,17H2,1-2H3. The lowest BCUT2D eigenvalue weighted by atomic mass is 9.84. The highest BCUT2D eigenvalue weighted by atomic mass is 19.2. The monoisotopic (exact) mass is 482 g/mol. The van der Waals surface area contributed by atoms with Gasteiger partial charge in [-0.05, 0) is 67.1 Å². The number of likely N-dealkylation sites (tertiary alicyclic amines) is 1. The quantitative estimate of drug-likeness (QED) is 0.485. The van der Waals surface area contributed by atoms with E-state index >= 15 is 0 Å². The number of ether oxygens (including phenoxy) is 1. The first kappa shape index (κ1) is 24.4. The summed E-state index contributed by atoms with van der Waals surface area (Å²) in [5.41, 5.74) is 0.760. The summed E-state index contributed by atoms with van der Waals surface area (Å²) in [6.07, 6.45) is 3.30. The molecule has 0 N–H and O–H groups in total. The smallest absolute Gasteiger partial charge is 0.289 e. The Kier molecular flexibility index (Phi) is 7.48. The van der Waals surface area contributed by atoms with Crippen molar-refractivity contribution in [2.24, 2.45) is 5.92 Å². The minimum Gasteiger partial charge on any atom is -0.497 e. The Morgan fingerprint density at radius 3 is 2.54 bits per heavy atom. The van der Waals surface area contributed by atoms with E-state index in [2.05, 4.69) is 0 Å². The number of carbonyl (C=O) groups is 2. The van der Waals surface area contributed by atoms with Crippen molar-refractivity contribution in [3.05, 3.63) is 89.4 Å². The zero-order chi connectivity index (χ0) is 24.9. The molecule has 4 rings (SSSR count). The summed E-state index contributed by atoms with van der Waals surface area (Å²) < 4.78 is 38.5. The molecule has 35 heavy (non-hydrogen) atoms. The van der Waals surface area contributed by atoms with Gasteiger partial charge in [-0.3, -0.25) is 9.59 Å². The highest BCUT2D eigenvalue weighted by Gasteiger charge is 2.34. The van der Waals surface area contributed by atoms with Crippen LogP contribution in [0.5, 0.6) is 5.75 Å². The van der Waals surface area contributed by atoms with Gasteiger partial charge >= 0.3 is 0 Å². The number of amides is 2. The van der Waals surface area contributed by atoms with Crippen LogP contribution in [0.25, 0.3) is 0 Å². The van der Waals surface area contributed by atoms with Gasteiger partial charge < -0.3 is 19.0 Å². The predicted octanol–water partition coefficient (Wildman–Crippen LogP) is 4.80. The summed E-state index contributed by atoms with van der Waals surface area (Å²) in [5, 5.41) is 0. The van der Waals surface area contributed by atoms with E-state index in [1.807, 2.05) is 24.3 Å². The van der Waals surface area contributed by atoms with Gasteiger partial charge in [0.05, 0.1) is 18.9 Å². The summed E-state index contributed by atoms with van der Waals surface area (Å²) in [4.78, 5) is 29.2. The van der Waals surface area contributed by atoms with E-state index in [0.29, 0.717) is 32.4 Å². The van der Waals surface area contributed by atoms with Gasteiger partial charge in [0.1, 0.15) is 5.75 Å². The number of likely N-dealkylation sites (N-methyl/N-ethyl adjacent to an activating group) is 1. The summed E-state index contributed by atoms with van der Waals surface area (Å²) in [6, 6.07) is 14.5. The number of piperidine rings is 1. The fraction of sp³-hybridized carbons (Fsp3) is 0.333. The summed E-state index contributed by atoms with van der Waals surface area (Å²) in [7, 11) is 3.37. The highest BCUT2D eigenvalue weighted by molar-refractivity contribution is 5.94. The molecule has 2 amide bonds. The van der Waals surface area contributed by atoms with Gasteiger partial charge in [0.25, 0.3) is 11.8 Å². The van der Waals surface area contributed by atoms with Crippen molar-refractivity contribution in [1.29, 1.82) is 0 Å².